The van der Waals surface area contributed by atoms with Crippen molar-refractivity contribution in [2.24, 2.45) is 5.14 Å². The van der Waals surface area contributed by atoms with Crippen molar-refractivity contribution < 1.29 is 27.7 Å². The molecule has 0 aliphatic rings. The molecule has 0 fully saturated rings. The average Bonchev–Trinajstić information content (AvgIpc) is 2.57. The Morgan fingerprint density at radius 2 is 1.80 bits per heavy atom. The summed E-state index contributed by atoms with van der Waals surface area (Å²) < 4.78 is 39.0. The Hall–Kier alpha value is -2.29. The topological polar surface area (TPSA) is 108 Å². The lowest BCUT2D eigenvalue weighted by molar-refractivity contribution is 0.0503. The monoisotopic (exact) mass is 367 g/mol. The van der Waals surface area contributed by atoms with Gasteiger partial charge in [-0.1, -0.05) is 18.2 Å². The number of phenols is 1. The first-order valence-electron chi connectivity index (χ1n) is 7.49. The van der Waals surface area contributed by atoms with Gasteiger partial charge >= 0.3 is 0 Å². The van der Waals surface area contributed by atoms with Gasteiger partial charge < -0.3 is 19.3 Å². The Bertz CT molecular complexity index is 835. The molecule has 0 unspecified atom stereocenters. The molecule has 25 heavy (non-hydrogen) atoms. The summed E-state index contributed by atoms with van der Waals surface area (Å²) in [5, 5.41) is 14.8. The van der Waals surface area contributed by atoms with E-state index < -0.39 is 10.0 Å². The number of primary sulfonamides is 1. The average molecular weight is 367 g/mol. The van der Waals surface area contributed by atoms with Crippen LogP contribution in [0.2, 0.25) is 0 Å². The molecule has 3 N–H and O–H groups in total. The number of rotatable bonds is 8. The zero-order valence-electron chi connectivity index (χ0n) is 14.1. The van der Waals surface area contributed by atoms with Crippen molar-refractivity contribution in [3.8, 4) is 17.2 Å². The van der Waals surface area contributed by atoms with Gasteiger partial charge in [-0.25, -0.2) is 13.6 Å². The van der Waals surface area contributed by atoms with Gasteiger partial charge in [-0.3, -0.25) is 0 Å². The van der Waals surface area contributed by atoms with Crippen molar-refractivity contribution in [2.75, 3.05) is 21.0 Å². The van der Waals surface area contributed by atoms with Gasteiger partial charge in [0.15, 0.2) is 6.79 Å². The Kier molecular flexibility index (Phi) is 6.24. The summed E-state index contributed by atoms with van der Waals surface area (Å²) in [6, 6.07) is 9.63. The van der Waals surface area contributed by atoms with Gasteiger partial charge in [0, 0.05) is 13.2 Å². The van der Waals surface area contributed by atoms with Crippen molar-refractivity contribution >= 4 is 10.0 Å². The maximum Gasteiger partial charge on any atom is 0.241 e. The van der Waals surface area contributed by atoms with Crippen LogP contribution in [0.25, 0.3) is 0 Å². The van der Waals surface area contributed by atoms with Gasteiger partial charge in [0.25, 0.3) is 0 Å². The van der Waals surface area contributed by atoms with Crippen LogP contribution in [-0.2, 0) is 27.6 Å². The highest BCUT2D eigenvalue weighted by molar-refractivity contribution is 7.89. The highest BCUT2D eigenvalue weighted by Gasteiger charge is 2.18. The van der Waals surface area contributed by atoms with Gasteiger partial charge in [-0.15, -0.1) is 0 Å². The first-order chi connectivity index (χ1) is 11.9. The zero-order chi connectivity index (χ0) is 18.4. The number of hydrogen-bond acceptors (Lipinski definition) is 6. The second-order valence-electron chi connectivity index (χ2n) is 5.34. The Labute approximate surface area is 147 Å². The molecule has 0 spiro atoms. The maximum absolute atomic E-state index is 11.7. The van der Waals surface area contributed by atoms with E-state index in [4.69, 9.17) is 19.3 Å². The molecule has 0 bridgehead atoms. The summed E-state index contributed by atoms with van der Waals surface area (Å²) in [6.45, 7) is 0.0562. The molecular formula is C17H21NO6S. The first-order valence-corrected chi connectivity index (χ1v) is 9.03. The molecule has 0 saturated heterocycles. The number of methoxy groups -OCH3 is 2. The number of phenolic OH excluding ortho intramolecular Hbond substituents is 1. The standard InChI is InChI=1S/C17H21NO6S/c1-22-11-24-15-10-14(19)9-8-12(15)6-7-13-4-3-5-16(17(13)23-2)25(18,20)21/h3-5,8-10,19H,6-7,11H2,1-2H3,(H2,18,20,21). The smallest absolute Gasteiger partial charge is 0.241 e. The van der Waals surface area contributed by atoms with E-state index in [-0.39, 0.29) is 23.2 Å². The molecule has 8 heteroatoms. The maximum atomic E-state index is 11.7. The van der Waals surface area contributed by atoms with Gasteiger partial charge in [0.05, 0.1) is 7.11 Å². The van der Waals surface area contributed by atoms with Gasteiger partial charge in [0.2, 0.25) is 10.0 Å². The van der Waals surface area contributed by atoms with Gasteiger partial charge in [0.1, 0.15) is 22.1 Å². The SMILES string of the molecule is COCOc1cc(O)ccc1CCc1cccc(S(N)(=O)=O)c1OC. The number of sulfonamides is 1. The van der Waals surface area contributed by atoms with Crippen LogP contribution < -0.4 is 14.6 Å². The molecule has 0 heterocycles. The number of aromatic hydroxyl groups is 1. The minimum atomic E-state index is -3.88. The first kappa shape index (κ1) is 19.0. The molecule has 0 atom stereocenters. The van der Waals surface area contributed by atoms with Crippen LogP contribution in [-0.4, -0.2) is 34.5 Å². The number of hydrogen-bond donors (Lipinski definition) is 2. The van der Waals surface area contributed by atoms with Crippen LogP contribution >= 0.6 is 0 Å². The van der Waals surface area contributed by atoms with Crippen LogP contribution in [0.1, 0.15) is 11.1 Å². The van der Waals surface area contributed by atoms with Crippen molar-refractivity contribution in [1.29, 1.82) is 0 Å². The molecule has 2 aromatic carbocycles. The van der Waals surface area contributed by atoms with E-state index in [2.05, 4.69) is 0 Å². The molecule has 7 nitrogen and oxygen atoms in total. The summed E-state index contributed by atoms with van der Waals surface area (Å²) in [5.74, 6) is 0.829. The fraction of sp³-hybridized carbons (Fsp3) is 0.294. The van der Waals surface area contributed by atoms with E-state index in [0.717, 1.165) is 5.56 Å². The molecule has 0 aliphatic heterocycles. The molecule has 0 aliphatic carbocycles. The van der Waals surface area contributed by atoms with Crippen LogP contribution in [0, 0.1) is 0 Å². The predicted molar refractivity (Wildman–Crippen MR) is 92.4 cm³/mol. The lowest BCUT2D eigenvalue weighted by Crippen LogP contribution is -2.14. The summed E-state index contributed by atoms with van der Waals surface area (Å²) in [5.41, 5.74) is 1.55. The van der Waals surface area contributed by atoms with E-state index in [0.29, 0.717) is 24.2 Å². The number of benzene rings is 2. The number of aryl methyl sites for hydroxylation is 2. The second-order valence-corrected chi connectivity index (χ2v) is 6.87. The molecule has 0 aromatic heterocycles. The molecular weight excluding hydrogens is 346 g/mol. The zero-order valence-corrected chi connectivity index (χ0v) is 14.9. The lowest BCUT2D eigenvalue weighted by atomic mass is 10.0. The third kappa shape index (κ3) is 4.85. The fourth-order valence-corrected chi connectivity index (χ4v) is 3.23. The Morgan fingerprint density at radius 3 is 2.44 bits per heavy atom. The van der Waals surface area contributed by atoms with Gasteiger partial charge in [-0.05, 0) is 36.1 Å². The van der Waals surface area contributed by atoms with Crippen molar-refractivity contribution in [3.63, 3.8) is 0 Å². The van der Waals surface area contributed by atoms with E-state index >= 15 is 0 Å². The minimum Gasteiger partial charge on any atom is -0.508 e. The molecule has 136 valence electrons. The number of para-hydroxylation sites is 1. The molecule has 0 saturated carbocycles. The van der Waals surface area contributed by atoms with E-state index in [1.54, 1.807) is 24.3 Å². The normalized spacial score (nSPS) is 11.3. The Morgan fingerprint density at radius 1 is 1.08 bits per heavy atom. The second kappa shape index (κ2) is 8.19. The summed E-state index contributed by atoms with van der Waals surface area (Å²) >= 11 is 0. The third-order valence-corrected chi connectivity index (χ3v) is 4.55. The van der Waals surface area contributed by atoms with E-state index in [1.165, 1.54) is 26.4 Å². The predicted octanol–water partition coefficient (Wildman–Crippen LogP) is 1.82. The van der Waals surface area contributed by atoms with E-state index in [9.17, 15) is 13.5 Å². The summed E-state index contributed by atoms with van der Waals surface area (Å²) in [6.07, 6.45) is 1.05. The van der Waals surface area contributed by atoms with Gasteiger partial charge in [-0.2, -0.15) is 0 Å². The lowest BCUT2D eigenvalue weighted by Gasteiger charge is -2.14. The van der Waals surface area contributed by atoms with E-state index in [1.807, 2.05) is 0 Å². The Balaban J connectivity index is 2.28. The fourth-order valence-electron chi connectivity index (χ4n) is 2.49. The molecule has 2 rings (SSSR count). The highest BCUT2D eigenvalue weighted by Crippen LogP contribution is 2.30. The van der Waals surface area contributed by atoms with Crippen LogP contribution in [0.3, 0.4) is 0 Å². The van der Waals surface area contributed by atoms with Crippen molar-refractivity contribution in [2.45, 2.75) is 17.7 Å². The summed E-state index contributed by atoms with van der Waals surface area (Å²) in [4.78, 5) is -0.0472. The summed E-state index contributed by atoms with van der Waals surface area (Å²) in [7, 11) is -0.966. The molecule has 0 radical (unpaired) electrons. The van der Waals surface area contributed by atoms with Crippen LogP contribution in [0.15, 0.2) is 41.3 Å². The minimum absolute atomic E-state index is 0.0472. The molecule has 0 amide bonds. The number of nitrogens with two attached hydrogens (primary N) is 1. The number of ether oxygens (including phenoxy) is 3. The molecule has 2 aromatic rings. The van der Waals surface area contributed by atoms with Crippen LogP contribution in [0.5, 0.6) is 17.2 Å². The van der Waals surface area contributed by atoms with Crippen molar-refractivity contribution in [1.82, 2.24) is 0 Å². The highest BCUT2D eigenvalue weighted by atomic mass is 32.2. The third-order valence-electron chi connectivity index (χ3n) is 3.62. The van der Waals surface area contributed by atoms with Crippen LogP contribution in [0.4, 0.5) is 0 Å². The largest absolute Gasteiger partial charge is 0.508 e. The quantitative estimate of drug-likeness (QED) is 0.689. The van der Waals surface area contributed by atoms with Crippen molar-refractivity contribution in [3.05, 3.63) is 47.5 Å².